The van der Waals surface area contributed by atoms with Crippen LogP contribution in [0.5, 0.6) is 0 Å². The first-order valence-electron chi connectivity index (χ1n) is 7.74. The van der Waals surface area contributed by atoms with Gasteiger partial charge in [-0.2, -0.15) is 0 Å². The summed E-state index contributed by atoms with van der Waals surface area (Å²) < 4.78 is 5.16. The van der Waals surface area contributed by atoms with Crippen molar-refractivity contribution in [2.45, 2.75) is 26.4 Å². The van der Waals surface area contributed by atoms with Crippen molar-refractivity contribution in [3.63, 3.8) is 0 Å². The van der Waals surface area contributed by atoms with Crippen LogP contribution in [0, 0.1) is 0 Å². The average Bonchev–Trinajstić information content (AvgIpc) is 2.58. The minimum atomic E-state index is -0.481. The number of ether oxygens (including phenoxy) is 1. The lowest BCUT2D eigenvalue weighted by Crippen LogP contribution is -2.30. The summed E-state index contributed by atoms with van der Waals surface area (Å²) >= 11 is 5.76. The van der Waals surface area contributed by atoms with E-state index in [-0.39, 0.29) is 19.1 Å². The molecule has 24 heavy (non-hydrogen) atoms. The summed E-state index contributed by atoms with van der Waals surface area (Å²) in [6.45, 7) is 4.26. The zero-order valence-electron chi connectivity index (χ0n) is 13.7. The number of hydrogen-bond acceptors (Lipinski definition) is 3. The summed E-state index contributed by atoms with van der Waals surface area (Å²) in [6, 6.07) is 14.4. The third kappa shape index (κ3) is 5.39. The van der Waals surface area contributed by atoms with Gasteiger partial charge in [0.05, 0.1) is 0 Å². The smallest absolute Gasteiger partial charge is 0.325 e. The van der Waals surface area contributed by atoms with Gasteiger partial charge in [-0.25, -0.2) is 0 Å². The lowest BCUT2D eigenvalue weighted by atomic mass is 10.0. The SMILES string of the molecule is CC(C)c1ccc(COC(=O)CNC(=O)c2ccc(Cl)cc2)cc1. The Morgan fingerprint density at radius 3 is 2.25 bits per heavy atom. The second-order valence-electron chi connectivity index (χ2n) is 5.75. The van der Waals surface area contributed by atoms with E-state index in [0.29, 0.717) is 16.5 Å². The van der Waals surface area contributed by atoms with E-state index in [2.05, 4.69) is 19.2 Å². The van der Waals surface area contributed by atoms with Gasteiger partial charge in [0.1, 0.15) is 13.2 Å². The predicted molar refractivity (Wildman–Crippen MR) is 94.1 cm³/mol. The number of hydrogen-bond donors (Lipinski definition) is 1. The molecule has 126 valence electrons. The van der Waals surface area contributed by atoms with Crippen molar-refractivity contribution in [1.82, 2.24) is 5.32 Å². The Bertz CT molecular complexity index is 694. The van der Waals surface area contributed by atoms with E-state index in [0.717, 1.165) is 5.56 Å². The fourth-order valence-electron chi connectivity index (χ4n) is 2.07. The van der Waals surface area contributed by atoms with Gasteiger partial charge in [-0.05, 0) is 41.3 Å². The summed E-state index contributed by atoms with van der Waals surface area (Å²) in [4.78, 5) is 23.6. The molecule has 1 amide bonds. The molecule has 0 spiro atoms. The molecule has 0 aliphatic heterocycles. The predicted octanol–water partition coefficient (Wildman–Crippen LogP) is 3.94. The van der Waals surface area contributed by atoms with Gasteiger partial charge in [0.25, 0.3) is 5.91 Å². The number of benzene rings is 2. The number of nitrogens with one attached hydrogen (secondary N) is 1. The number of carbonyl (C=O) groups is 2. The van der Waals surface area contributed by atoms with E-state index in [1.165, 1.54) is 5.56 Å². The monoisotopic (exact) mass is 345 g/mol. The Balaban J connectivity index is 1.77. The summed E-state index contributed by atoms with van der Waals surface area (Å²) in [6.07, 6.45) is 0. The Morgan fingerprint density at radius 2 is 1.67 bits per heavy atom. The molecule has 2 aromatic carbocycles. The van der Waals surface area contributed by atoms with Crippen molar-refractivity contribution >= 4 is 23.5 Å². The zero-order valence-corrected chi connectivity index (χ0v) is 14.5. The lowest BCUT2D eigenvalue weighted by Gasteiger charge is -2.09. The summed E-state index contributed by atoms with van der Waals surface area (Å²) in [5.41, 5.74) is 2.59. The van der Waals surface area contributed by atoms with Crippen LogP contribution < -0.4 is 5.32 Å². The summed E-state index contributed by atoms with van der Waals surface area (Å²) in [5, 5.41) is 3.07. The molecule has 0 saturated carbocycles. The highest BCUT2D eigenvalue weighted by atomic mass is 35.5. The average molecular weight is 346 g/mol. The molecule has 0 fully saturated rings. The fraction of sp³-hybridized carbons (Fsp3) is 0.263. The largest absolute Gasteiger partial charge is 0.460 e. The second kappa shape index (κ2) is 8.50. The molecule has 0 heterocycles. The van der Waals surface area contributed by atoms with Gasteiger partial charge in [-0.3, -0.25) is 9.59 Å². The van der Waals surface area contributed by atoms with Crippen LogP contribution >= 0.6 is 11.6 Å². The third-order valence-corrected chi connectivity index (χ3v) is 3.80. The van der Waals surface area contributed by atoms with Crippen molar-refractivity contribution in [2.75, 3.05) is 6.54 Å². The first kappa shape index (κ1) is 18.0. The van der Waals surface area contributed by atoms with Gasteiger partial charge < -0.3 is 10.1 Å². The van der Waals surface area contributed by atoms with Crippen molar-refractivity contribution in [2.24, 2.45) is 0 Å². The molecule has 0 aliphatic rings. The van der Waals surface area contributed by atoms with Crippen molar-refractivity contribution in [3.05, 3.63) is 70.2 Å². The molecular weight excluding hydrogens is 326 g/mol. The van der Waals surface area contributed by atoms with E-state index in [1.54, 1.807) is 24.3 Å². The zero-order chi connectivity index (χ0) is 17.5. The highest BCUT2D eigenvalue weighted by molar-refractivity contribution is 6.30. The Labute approximate surface area is 146 Å². The van der Waals surface area contributed by atoms with Gasteiger partial charge >= 0.3 is 5.97 Å². The first-order chi connectivity index (χ1) is 11.5. The molecule has 0 aliphatic carbocycles. The summed E-state index contributed by atoms with van der Waals surface area (Å²) in [7, 11) is 0. The van der Waals surface area contributed by atoms with E-state index >= 15 is 0 Å². The van der Waals surface area contributed by atoms with E-state index in [1.807, 2.05) is 24.3 Å². The maximum Gasteiger partial charge on any atom is 0.325 e. The van der Waals surface area contributed by atoms with E-state index in [9.17, 15) is 9.59 Å². The molecule has 1 N–H and O–H groups in total. The van der Waals surface area contributed by atoms with Crippen molar-refractivity contribution in [1.29, 1.82) is 0 Å². The Kier molecular flexibility index (Phi) is 6.38. The van der Waals surface area contributed by atoms with Crippen molar-refractivity contribution < 1.29 is 14.3 Å². The normalized spacial score (nSPS) is 10.5. The van der Waals surface area contributed by atoms with Gasteiger partial charge in [0.15, 0.2) is 0 Å². The van der Waals surface area contributed by atoms with Crippen molar-refractivity contribution in [3.8, 4) is 0 Å². The maximum absolute atomic E-state index is 11.9. The number of esters is 1. The van der Waals surface area contributed by atoms with Gasteiger partial charge in [-0.15, -0.1) is 0 Å². The standard InChI is InChI=1S/C19H20ClNO3/c1-13(2)15-5-3-14(4-6-15)12-24-18(22)11-21-19(23)16-7-9-17(20)10-8-16/h3-10,13H,11-12H2,1-2H3,(H,21,23). The van der Waals surface area contributed by atoms with Crippen LogP contribution in [0.25, 0.3) is 0 Å². The van der Waals surface area contributed by atoms with Crippen LogP contribution in [-0.2, 0) is 16.1 Å². The second-order valence-corrected chi connectivity index (χ2v) is 6.18. The number of rotatable bonds is 6. The molecule has 0 saturated heterocycles. The summed E-state index contributed by atoms with van der Waals surface area (Å²) in [5.74, 6) is -0.361. The van der Waals surface area contributed by atoms with E-state index < -0.39 is 5.97 Å². The molecule has 2 rings (SSSR count). The van der Waals surface area contributed by atoms with Crippen LogP contribution in [0.2, 0.25) is 5.02 Å². The molecule has 0 unspecified atom stereocenters. The van der Waals surface area contributed by atoms with Crippen LogP contribution in [0.3, 0.4) is 0 Å². The fourth-order valence-corrected chi connectivity index (χ4v) is 2.20. The minimum Gasteiger partial charge on any atom is -0.460 e. The van der Waals surface area contributed by atoms with Gasteiger partial charge in [-0.1, -0.05) is 49.7 Å². The van der Waals surface area contributed by atoms with Gasteiger partial charge in [0, 0.05) is 10.6 Å². The number of carbonyl (C=O) groups excluding carboxylic acids is 2. The maximum atomic E-state index is 11.9. The molecule has 2 aromatic rings. The number of halogens is 1. The lowest BCUT2D eigenvalue weighted by molar-refractivity contribution is -0.143. The topological polar surface area (TPSA) is 55.4 Å². The molecule has 0 atom stereocenters. The molecule has 0 aromatic heterocycles. The van der Waals surface area contributed by atoms with Gasteiger partial charge in [0.2, 0.25) is 0 Å². The minimum absolute atomic E-state index is 0.175. The Morgan fingerprint density at radius 1 is 1.04 bits per heavy atom. The van der Waals surface area contributed by atoms with Crippen LogP contribution in [0.4, 0.5) is 0 Å². The molecular formula is C19H20ClNO3. The quantitative estimate of drug-likeness (QED) is 0.807. The Hall–Kier alpha value is -2.33. The highest BCUT2D eigenvalue weighted by Crippen LogP contribution is 2.15. The molecule has 0 radical (unpaired) electrons. The molecule has 4 nitrogen and oxygen atoms in total. The first-order valence-corrected chi connectivity index (χ1v) is 8.11. The number of amides is 1. The molecule has 0 bridgehead atoms. The van der Waals surface area contributed by atoms with Crippen LogP contribution in [0.15, 0.2) is 48.5 Å². The highest BCUT2D eigenvalue weighted by Gasteiger charge is 2.09. The third-order valence-electron chi connectivity index (χ3n) is 3.55. The van der Waals surface area contributed by atoms with E-state index in [4.69, 9.17) is 16.3 Å². The molecule has 5 heteroatoms. The van der Waals surface area contributed by atoms with Crippen LogP contribution in [0.1, 0.15) is 41.3 Å². The van der Waals surface area contributed by atoms with Crippen LogP contribution in [-0.4, -0.2) is 18.4 Å².